The molecule has 0 aliphatic rings. The maximum Gasteiger partial charge on any atom is 0.416 e. The Labute approximate surface area is 94.8 Å². The van der Waals surface area contributed by atoms with E-state index in [1.807, 2.05) is 6.92 Å². The van der Waals surface area contributed by atoms with Gasteiger partial charge in [0.2, 0.25) is 0 Å². The van der Waals surface area contributed by atoms with E-state index in [1.54, 1.807) is 0 Å². The van der Waals surface area contributed by atoms with Crippen LogP contribution < -0.4 is 0 Å². The Kier molecular flexibility index (Phi) is 4.13. The van der Waals surface area contributed by atoms with E-state index >= 15 is 0 Å². The van der Waals surface area contributed by atoms with E-state index in [1.165, 1.54) is 6.20 Å². The van der Waals surface area contributed by atoms with Crippen LogP contribution >= 0.6 is 15.9 Å². The van der Waals surface area contributed by atoms with Crippen LogP contribution in [0.15, 0.2) is 18.3 Å². The largest absolute Gasteiger partial charge is 0.416 e. The highest BCUT2D eigenvalue weighted by Crippen LogP contribution is 2.29. The summed E-state index contributed by atoms with van der Waals surface area (Å²) in [4.78, 5) is 4.09. The van der Waals surface area contributed by atoms with Crippen molar-refractivity contribution in [2.45, 2.75) is 30.8 Å². The monoisotopic (exact) mass is 281 g/mol. The second-order valence-corrected chi connectivity index (χ2v) is 4.54. The maximum absolute atomic E-state index is 12.3. The molecule has 1 heterocycles. The fourth-order valence-electron chi connectivity index (χ4n) is 1.14. The zero-order valence-electron chi connectivity index (χ0n) is 8.18. The van der Waals surface area contributed by atoms with Gasteiger partial charge in [-0.1, -0.05) is 22.9 Å². The number of hydrogen-bond acceptors (Lipinski definition) is 1. The molecule has 0 saturated heterocycles. The van der Waals surface area contributed by atoms with Gasteiger partial charge in [0.05, 0.1) is 5.56 Å². The summed E-state index contributed by atoms with van der Waals surface area (Å²) in [5, 5.41) is 0. The summed E-state index contributed by atoms with van der Waals surface area (Å²) in [6.45, 7) is 1.97. The summed E-state index contributed by atoms with van der Waals surface area (Å²) in [5.41, 5.74) is -0.170. The number of nitrogens with zero attached hydrogens (tertiary/aromatic N) is 1. The van der Waals surface area contributed by atoms with Gasteiger partial charge in [0.1, 0.15) is 0 Å². The van der Waals surface area contributed by atoms with Gasteiger partial charge in [-0.3, -0.25) is 4.98 Å². The summed E-state index contributed by atoms with van der Waals surface area (Å²) in [7, 11) is 0. The van der Waals surface area contributed by atoms with Crippen LogP contribution in [0.5, 0.6) is 0 Å². The third kappa shape index (κ3) is 3.81. The minimum Gasteiger partial charge on any atom is -0.261 e. The third-order valence-electron chi connectivity index (χ3n) is 2.02. The number of alkyl halides is 4. The fraction of sp³-hybridized carbons (Fsp3) is 0.500. The molecular weight excluding hydrogens is 271 g/mol. The van der Waals surface area contributed by atoms with Gasteiger partial charge in [-0.05, 0) is 18.6 Å². The first-order valence-corrected chi connectivity index (χ1v) is 5.51. The van der Waals surface area contributed by atoms with Crippen LogP contribution in [0.4, 0.5) is 13.2 Å². The molecule has 5 heteroatoms. The molecule has 1 nitrogen and oxygen atoms in total. The summed E-state index contributed by atoms with van der Waals surface area (Å²) >= 11 is 3.37. The Morgan fingerprint density at radius 1 is 1.47 bits per heavy atom. The Balaban J connectivity index is 2.84. The van der Waals surface area contributed by atoms with Crippen LogP contribution in [0.25, 0.3) is 0 Å². The van der Waals surface area contributed by atoms with Gasteiger partial charge in [-0.2, -0.15) is 13.2 Å². The first-order valence-electron chi connectivity index (χ1n) is 4.59. The van der Waals surface area contributed by atoms with Crippen molar-refractivity contribution in [1.29, 1.82) is 0 Å². The molecule has 0 spiro atoms. The van der Waals surface area contributed by atoms with Crippen molar-refractivity contribution in [3.05, 3.63) is 29.6 Å². The van der Waals surface area contributed by atoms with Crippen molar-refractivity contribution in [2.24, 2.45) is 0 Å². The highest BCUT2D eigenvalue weighted by atomic mass is 79.9. The highest BCUT2D eigenvalue weighted by Gasteiger charge is 2.30. The predicted octanol–water partition coefficient (Wildman–Crippen LogP) is 3.82. The van der Waals surface area contributed by atoms with Crippen LogP contribution in [0, 0.1) is 0 Å². The zero-order chi connectivity index (χ0) is 11.5. The summed E-state index contributed by atoms with van der Waals surface area (Å²) < 4.78 is 37.0. The molecule has 0 radical (unpaired) electrons. The summed E-state index contributed by atoms with van der Waals surface area (Å²) in [6, 6.07) is 2.09. The lowest BCUT2D eigenvalue weighted by molar-refractivity contribution is -0.137. The van der Waals surface area contributed by atoms with E-state index in [2.05, 4.69) is 20.9 Å². The molecule has 0 aromatic carbocycles. The molecule has 1 unspecified atom stereocenters. The van der Waals surface area contributed by atoms with Crippen LogP contribution in [-0.4, -0.2) is 9.81 Å². The fourth-order valence-corrected chi connectivity index (χ4v) is 1.47. The highest BCUT2D eigenvalue weighted by molar-refractivity contribution is 9.09. The van der Waals surface area contributed by atoms with E-state index < -0.39 is 11.7 Å². The van der Waals surface area contributed by atoms with Gasteiger partial charge in [0.15, 0.2) is 0 Å². The molecule has 1 aromatic heterocycles. The van der Waals surface area contributed by atoms with Crippen molar-refractivity contribution in [3.8, 4) is 0 Å². The standard InChI is InChI=1S/C10H11BrF3N/c1-2-8(11)6-9-5-7(3-4-15-9)10(12,13)14/h3-5,8H,2,6H2,1H3. The third-order valence-corrected chi connectivity index (χ3v) is 2.99. The van der Waals surface area contributed by atoms with Crippen molar-refractivity contribution < 1.29 is 13.2 Å². The molecule has 0 aliphatic heterocycles. The maximum atomic E-state index is 12.3. The van der Waals surface area contributed by atoms with E-state index in [4.69, 9.17) is 0 Å². The van der Waals surface area contributed by atoms with E-state index in [9.17, 15) is 13.2 Å². The molecule has 0 amide bonds. The van der Waals surface area contributed by atoms with Crippen LogP contribution in [0.3, 0.4) is 0 Å². The number of halogens is 4. The van der Waals surface area contributed by atoms with Gasteiger partial charge < -0.3 is 0 Å². The Morgan fingerprint density at radius 3 is 2.67 bits per heavy atom. The normalized spacial score (nSPS) is 13.9. The molecule has 0 bridgehead atoms. The number of pyridine rings is 1. The molecular formula is C10H11BrF3N. The molecule has 0 saturated carbocycles. The number of aromatic nitrogens is 1. The van der Waals surface area contributed by atoms with E-state index in [0.29, 0.717) is 12.1 Å². The molecule has 1 aromatic rings. The SMILES string of the molecule is CCC(Br)Cc1cc(C(F)(F)F)ccn1. The second-order valence-electron chi connectivity index (χ2n) is 3.24. The average molecular weight is 282 g/mol. The zero-order valence-corrected chi connectivity index (χ0v) is 9.77. The van der Waals surface area contributed by atoms with E-state index in [0.717, 1.165) is 18.6 Å². The smallest absolute Gasteiger partial charge is 0.261 e. The summed E-state index contributed by atoms with van der Waals surface area (Å²) in [5.74, 6) is 0. The Bertz CT molecular complexity index is 325. The van der Waals surface area contributed by atoms with Gasteiger partial charge in [-0.25, -0.2) is 0 Å². The molecule has 84 valence electrons. The lowest BCUT2D eigenvalue weighted by Crippen LogP contribution is -2.08. The first kappa shape index (κ1) is 12.5. The van der Waals surface area contributed by atoms with Gasteiger partial charge in [0, 0.05) is 23.1 Å². The van der Waals surface area contributed by atoms with Gasteiger partial charge in [0.25, 0.3) is 0 Å². The molecule has 1 atom stereocenters. The summed E-state index contributed by atoms with van der Waals surface area (Å²) in [6.07, 6.45) is -1.71. The lowest BCUT2D eigenvalue weighted by atomic mass is 10.1. The van der Waals surface area contributed by atoms with Crippen molar-refractivity contribution in [3.63, 3.8) is 0 Å². The molecule has 15 heavy (non-hydrogen) atoms. The van der Waals surface area contributed by atoms with Crippen molar-refractivity contribution in [1.82, 2.24) is 4.98 Å². The Morgan fingerprint density at radius 2 is 2.13 bits per heavy atom. The predicted molar refractivity (Wildman–Crippen MR) is 55.9 cm³/mol. The van der Waals surface area contributed by atoms with Gasteiger partial charge >= 0.3 is 6.18 Å². The minimum atomic E-state index is -4.29. The molecule has 0 aliphatic carbocycles. The van der Waals surface area contributed by atoms with Crippen LogP contribution in [0.2, 0.25) is 0 Å². The molecule has 0 N–H and O–H groups in total. The number of rotatable bonds is 3. The van der Waals surface area contributed by atoms with Crippen LogP contribution in [0.1, 0.15) is 24.6 Å². The minimum absolute atomic E-state index is 0.175. The molecule has 0 fully saturated rings. The van der Waals surface area contributed by atoms with Crippen molar-refractivity contribution in [2.75, 3.05) is 0 Å². The second kappa shape index (κ2) is 4.96. The van der Waals surface area contributed by atoms with Crippen molar-refractivity contribution >= 4 is 15.9 Å². The number of hydrogen-bond donors (Lipinski definition) is 0. The van der Waals surface area contributed by atoms with Crippen LogP contribution in [-0.2, 0) is 12.6 Å². The topological polar surface area (TPSA) is 12.9 Å². The van der Waals surface area contributed by atoms with E-state index in [-0.39, 0.29) is 4.83 Å². The lowest BCUT2D eigenvalue weighted by Gasteiger charge is -2.09. The average Bonchev–Trinajstić information content (AvgIpc) is 2.17. The quantitative estimate of drug-likeness (QED) is 0.768. The Hall–Kier alpha value is -0.580. The first-order chi connectivity index (χ1) is 6.93. The molecule has 1 rings (SSSR count). The van der Waals surface area contributed by atoms with Gasteiger partial charge in [-0.15, -0.1) is 0 Å².